The van der Waals surface area contributed by atoms with Crippen molar-refractivity contribution in [2.24, 2.45) is 0 Å². The van der Waals surface area contributed by atoms with Crippen LogP contribution in [0.25, 0.3) is 0 Å². The van der Waals surface area contributed by atoms with Gasteiger partial charge in [-0.25, -0.2) is 13.6 Å². The molecule has 104 valence electrons. The van der Waals surface area contributed by atoms with E-state index in [1.165, 1.54) is 24.3 Å². The Labute approximate surface area is 116 Å². The molecule has 0 aliphatic rings. The normalized spacial score (nSPS) is 12.1. The van der Waals surface area contributed by atoms with Crippen molar-refractivity contribution < 1.29 is 22.9 Å². The van der Waals surface area contributed by atoms with Crippen molar-refractivity contribution in [2.45, 2.75) is 10.6 Å². The van der Waals surface area contributed by atoms with E-state index in [0.717, 1.165) is 18.2 Å². The predicted molar refractivity (Wildman–Crippen MR) is 69.9 cm³/mol. The molecule has 0 radical (unpaired) electrons. The van der Waals surface area contributed by atoms with Gasteiger partial charge in [-0.2, -0.15) is 0 Å². The molecule has 0 aromatic heterocycles. The first-order chi connectivity index (χ1) is 9.47. The van der Waals surface area contributed by atoms with Gasteiger partial charge in [-0.3, -0.25) is 4.21 Å². The average Bonchev–Trinajstić information content (AvgIpc) is 2.43. The quantitative estimate of drug-likeness (QED) is 0.943. The molecule has 6 heteroatoms. The second kappa shape index (κ2) is 5.92. The van der Waals surface area contributed by atoms with E-state index in [-0.39, 0.29) is 21.8 Å². The van der Waals surface area contributed by atoms with Crippen LogP contribution in [0.4, 0.5) is 8.78 Å². The largest absolute Gasteiger partial charge is 0.478 e. The third kappa shape index (κ3) is 3.27. The molecule has 0 aliphatic heterocycles. The summed E-state index contributed by atoms with van der Waals surface area (Å²) in [6.07, 6.45) is 0. The molecule has 0 bridgehead atoms. The van der Waals surface area contributed by atoms with Gasteiger partial charge < -0.3 is 5.11 Å². The van der Waals surface area contributed by atoms with Crippen LogP contribution < -0.4 is 0 Å². The maximum atomic E-state index is 13.5. The highest BCUT2D eigenvalue weighted by Crippen LogP contribution is 2.17. The number of carboxylic acid groups (broad SMARTS) is 1. The highest BCUT2D eigenvalue weighted by atomic mass is 32.2. The number of hydrogen-bond acceptors (Lipinski definition) is 2. The van der Waals surface area contributed by atoms with Crippen molar-refractivity contribution in [3.05, 3.63) is 65.2 Å². The first-order valence-corrected chi connectivity index (χ1v) is 6.95. The van der Waals surface area contributed by atoms with E-state index in [0.29, 0.717) is 0 Å². The summed E-state index contributed by atoms with van der Waals surface area (Å²) in [6, 6.07) is 8.50. The Kier molecular flexibility index (Phi) is 4.24. The van der Waals surface area contributed by atoms with Crippen molar-refractivity contribution in [3.63, 3.8) is 0 Å². The third-order valence-corrected chi connectivity index (χ3v) is 3.99. The number of halogens is 2. The van der Waals surface area contributed by atoms with E-state index >= 15 is 0 Å². The lowest BCUT2D eigenvalue weighted by Crippen LogP contribution is -2.02. The molecule has 0 fully saturated rings. The van der Waals surface area contributed by atoms with Gasteiger partial charge >= 0.3 is 5.97 Å². The molecule has 0 amide bonds. The second-order valence-electron chi connectivity index (χ2n) is 4.06. The Balaban J connectivity index is 2.26. The molecular formula is C14H10F2O3S. The van der Waals surface area contributed by atoms with E-state index < -0.39 is 28.4 Å². The molecule has 0 heterocycles. The monoisotopic (exact) mass is 296 g/mol. The van der Waals surface area contributed by atoms with Crippen LogP contribution in [0.5, 0.6) is 0 Å². The highest BCUT2D eigenvalue weighted by molar-refractivity contribution is 7.84. The van der Waals surface area contributed by atoms with E-state index in [1.807, 2.05) is 0 Å². The lowest BCUT2D eigenvalue weighted by atomic mass is 10.2. The molecule has 2 aromatic carbocycles. The smallest absolute Gasteiger partial charge is 0.335 e. The van der Waals surface area contributed by atoms with Gasteiger partial charge in [-0.05, 0) is 36.4 Å². The van der Waals surface area contributed by atoms with Crippen LogP contribution in [-0.2, 0) is 16.6 Å². The number of hydrogen-bond donors (Lipinski definition) is 1. The summed E-state index contributed by atoms with van der Waals surface area (Å²) < 4.78 is 38.6. The summed E-state index contributed by atoms with van der Waals surface area (Å²) in [7, 11) is -1.65. The zero-order valence-corrected chi connectivity index (χ0v) is 11.0. The lowest BCUT2D eigenvalue weighted by Gasteiger charge is -2.05. The summed E-state index contributed by atoms with van der Waals surface area (Å²) in [5.41, 5.74) is -0.0142. The Bertz CT molecular complexity index is 686. The number of carboxylic acids is 1. The summed E-state index contributed by atoms with van der Waals surface area (Å²) in [5.74, 6) is -2.61. The van der Waals surface area contributed by atoms with E-state index in [4.69, 9.17) is 5.11 Å². The van der Waals surface area contributed by atoms with E-state index in [9.17, 15) is 17.8 Å². The van der Waals surface area contributed by atoms with Gasteiger partial charge in [0.05, 0.1) is 22.1 Å². The van der Waals surface area contributed by atoms with E-state index in [2.05, 4.69) is 0 Å². The fourth-order valence-corrected chi connectivity index (χ4v) is 2.81. The van der Waals surface area contributed by atoms with Crippen LogP contribution in [0.15, 0.2) is 47.4 Å². The highest BCUT2D eigenvalue weighted by Gasteiger charge is 2.12. The van der Waals surface area contributed by atoms with Gasteiger partial charge in [-0.15, -0.1) is 0 Å². The maximum Gasteiger partial charge on any atom is 0.335 e. The van der Waals surface area contributed by atoms with Gasteiger partial charge in [0.1, 0.15) is 11.6 Å². The van der Waals surface area contributed by atoms with Crippen LogP contribution in [0.3, 0.4) is 0 Å². The van der Waals surface area contributed by atoms with Gasteiger partial charge in [-0.1, -0.05) is 6.07 Å². The van der Waals surface area contributed by atoms with Gasteiger partial charge in [0, 0.05) is 10.5 Å². The summed E-state index contributed by atoms with van der Waals surface area (Å²) in [6.45, 7) is 0. The number of aromatic carboxylic acids is 1. The lowest BCUT2D eigenvalue weighted by molar-refractivity contribution is 0.0696. The minimum Gasteiger partial charge on any atom is -0.478 e. The van der Waals surface area contributed by atoms with Crippen LogP contribution in [0, 0.1) is 11.6 Å². The minimum atomic E-state index is -1.65. The summed E-state index contributed by atoms with van der Waals surface area (Å²) in [5, 5.41) is 8.85. The summed E-state index contributed by atoms with van der Waals surface area (Å²) >= 11 is 0. The standard InChI is InChI=1S/C14H10F2O3S/c15-11-4-5-13(16)10(6-11)8-20(19)12-3-1-2-9(7-12)14(17)18/h1-7H,8H2,(H,17,18). The number of benzene rings is 2. The maximum absolute atomic E-state index is 13.5. The zero-order chi connectivity index (χ0) is 14.7. The van der Waals surface area contributed by atoms with Crippen molar-refractivity contribution in [1.82, 2.24) is 0 Å². The number of rotatable bonds is 4. The Morgan fingerprint density at radius 3 is 2.60 bits per heavy atom. The van der Waals surface area contributed by atoms with Crippen LogP contribution in [0.2, 0.25) is 0 Å². The molecule has 0 aliphatic carbocycles. The molecule has 1 N–H and O–H groups in total. The molecule has 3 nitrogen and oxygen atoms in total. The van der Waals surface area contributed by atoms with Crippen molar-refractivity contribution in [2.75, 3.05) is 0 Å². The van der Waals surface area contributed by atoms with Gasteiger partial charge in [0.15, 0.2) is 0 Å². The van der Waals surface area contributed by atoms with Crippen LogP contribution in [-0.4, -0.2) is 15.3 Å². The molecule has 1 atom stereocenters. The fourth-order valence-electron chi connectivity index (χ4n) is 1.65. The molecule has 2 rings (SSSR count). The van der Waals surface area contributed by atoms with Gasteiger partial charge in [0.2, 0.25) is 0 Å². The Morgan fingerprint density at radius 1 is 1.15 bits per heavy atom. The fraction of sp³-hybridized carbons (Fsp3) is 0.0714. The first kappa shape index (κ1) is 14.3. The molecule has 0 saturated carbocycles. The van der Waals surface area contributed by atoms with E-state index in [1.54, 1.807) is 0 Å². The Hall–Kier alpha value is -2.08. The van der Waals surface area contributed by atoms with Crippen molar-refractivity contribution >= 4 is 16.8 Å². The second-order valence-corrected chi connectivity index (χ2v) is 5.51. The molecule has 0 saturated heterocycles. The van der Waals surface area contributed by atoms with Crippen LogP contribution in [0.1, 0.15) is 15.9 Å². The number of carbonyl (C=O) groups is 1. The van der Waals surface area contributed by atoms with Gasteiger partial charge in [0.25, 0.3) is 0 Å². The molecule has 1 unspecified atom stereocenters. The van der Waals surface area contributed by atoms with Crippen molar-refractivity contribution in [3.8, 4) is 0 Å². The molecule has 0 spiro atoms. The Morgan fingerprint density at radius 2 is 1.90 bits per heavy atom. The molecule has 2 aromatic rings. The third-order valence-electron chi connectivity index (χ3n) is 2.64. The van der Waals surface area contributed by atoms with Crippen LogP contribution >= 0.6 is 0 Å². The average molecular weight is 296 g/mol. The molecular weight excluding hydrogens is 286 g/mol. The minimum absolute atomic E-state index is 0.00411. The molecule has 20 heavy (non-hydrogen) atoms. The topological polar surface area (TPSA) is 54.4 Å². The SMILES string of the molecule is O=C(O)c1cccc(S(=O)Cc2cc(F)ccc2F)c1. The zero-order valence-electron chi connectivity index (χ0n) is 10.2. The summed E-state index contributed by atoms with van der Waals surface area (Å²) in [4.78, 5) is 11.1. The predicted octanol–water partition coefficient (Wildman–Crippen LogP) is 2.97. The first-order valence-electron chi connectivity index (χ1n) is 5.63. The van der Waals surface area contributed by atoms with Crippen molar-refractivity contribution in [1.29, 1.82) is 0 Å².